The van der Waals surface area contributed by atoms with E-state index < -0.39 is 6.09 Å². The van der Waals surface area contributed by atoms with Gasteiger partial charge in [-0.1, -0.05) is 60.7 Å². The molecule has 5 rings (SSSR count). The molecule has 7 heteroatoms. The second-order valence-corrected chi connectivity index (χ2v) is 8.16. The predicted molar refractivity (Wildman–Crippen MR) is 128 cm³/mol. The standard InChI is InChI=1S/C26H23FN2O2.CH2O2/c1-16(13-17-14-28-25-18(17)11-6-12-24(25)27)29-26(30)31-15-23-21-9-4-2-7-19(21)20-8-3-5-10-22(20)23;2-1-3/h2-12,14,16,23,28H,13,15H2,1H3,(H,29,30);1H,(H,2,3). The first kappa shape index (κ1) is 23.0. The summed E-state index contributed by atoms with van der Waals surface area (Å²) in [6.45, 7) is 1.95. The molecule has 3 N–H and O–H groups in total. The van der Waals surface area contributed by atoms with Crippen LogP contribution in [0.4, 0.5) is 9.18 Å². The van der Waals surface area contributed by atoms with Gasteiger partial charge >= 0.3 is 6.09 Å². The van der Waals surface area contributed by atoms with Crippen LogP contribution < -0.4 is 5.32 Å². The Balaban J connectivity index is 0.000000868. The molecule has 4 aromatic rings. The number of benzene rings is 3. The van der Waals surface area contributed by atoms with Gasteiger partial charge in [-0.25, -0.2) is 9.18 Å². The molecule has 1 amide bonds. The number of hydrogen-bond acceptors (Lipinski definition) is 3. The molecule has 0 fully saturated rings. The van der Waals surface area contributed by atoms with Gasteiger partial charge in [-0.15, -0.1) is 0 Å². The van der Waals surface area contributed by atoms with E-state index in [9.17, 15) is 9.18 Å². The second-order valence-electron chi connectivity index (χ2n) is 8.16. The average Bonchev–Trinajstić information content (AvgIpc) is 3.38. The van der Waals surface area contributed by atoms with E-state index >= 15 is 0 Å². The lowest BCUT2D eigenvalue weighted by atomic mass is 9.98. The first-order valence-corrected chi connectivity index (χ1v) is 11.0. The van der Waals surface area contributed by atoms with Crippen molar-refractivity contribution in [1.82, 2.24) is 10.3 Å². The predicted octanol–water partition coefficient (Wildman–Crippen LogP) is 5.48. The summed E-state index contributed by atoms with van der Waals surface area (Å²) in [5.74, 6) is -0.244. The Morgan fingerprint density at radius 2 is 1.71 bits per heavy atom. The Hall–Kier alpha value is -4.13. The number of hydrogen-bond donors (Lipinski definition) is 3. The third-order valence-electron chi connectivity index (χ3n) is 5.98. The molecule has 174 valence electrons. The van der Waals surface area contributed by atoms with Gasteiger partial charge in [0.05, 0.1) is 5.52 Å². The quantitative estimate of drug-likeness (QED) is 0.344. The fraction of sp³-hybridized carbons (Fsp3) is 0.185. The lowest BCUT2D eigenvalue weighted by molar-refractivity contribution is -0.122. The number of halogens is 1. The molecule has 0 radical (unpaired) electrons. The number of H-pyrrole nitrogens is 1. The first-order valence-electron chi connectivity index (χ1n) is 11.0. The van der Waals surface area contributed by atoms with Crippen molar-refractivity contribution in [3.05, 3.63) is 95.4 Å². The minimum absolute atomic E-state index is 0.0325. The van der Waals surface area contributed by atoms with Crippen molar-refractivity contribution in [1.29, 1.82) is 0 Å². The molecule has 0 saturated carbocycles. The summed E-state index contributed by atoms with van der Waals surface area (Å²) in [6, 6.07) is 21.4. The number of carbonyl (C=O) groups excluding carboxylic acids is 1. The smallest absolute Gasteiger partial charge is 0.407 e. The van der Waals surface area contributed by atoms with E-state index in [4.69, 9.17) is 14.6 Å². The van der Waals surface area contributed by atoms with E-state index in [0.717, 1.165) is 10.9 Å². The van der Waals surface area contributed by atoms with Crippen LogP contribution in [0.1, 0.15) is 29.5 Å². The van der Waals surface area contributed by atoms with Crippen LogP contribution in [-0.4, -0.2) is 35.3 Å². The molecule has 1 aromatic heterocycles. The van der Waals surface area contributed by atoms with Gasteiger partial charge in [0.1, 0.15) is 12.4 Å². The zero-order chi connectivity index (χ0) is 24.1. The maximum absolute atomic E-state index is 13.9. The van der Waals surface area contributed by atoms with Gasteiger partial charge in [0.15, 0.2) is 0 Å². The largest absolute Gasteiger partial charge is 0.483 e. The van der Waals surface area contributed by atoms with Gasteiger partial charge in [0, 0.05) is 23.5 Å². The lowest BCUT2D eigenvalue weighted by Gasteiger charge is -2.17. The molecule has 6 nitrogen and oxygen atoms in total. The zero-order valence-corrected chi connectivity index (χ0v) is 18.6. The van der Waals surface area contributed by atoms with Gasteiger partial charge < -0.3 is 20.1 Å². The minimum Gasteiger partial charge on any atom is -0.483 e. The summed E-state index contributed by atoms with van der Waals surface area (Å²) in [4.78, 5) is 23.8. The Morgan fingerprint density at radius 3 is 2.35 bits per heavy atom. The molecule has 0 aliphatic heterocycles. The Morgan fingerprint density at radius 1 is 1.09 bits per heavy atom. The number of alkyl carbamates (subject to hydrolysis) is 1. The monoisotopic (exact) mass is 460 g/mol. The van der Waals surface area contributed by atoms with Crippen LogP contribution in [0.3, 0.4) is 0 Å². The highest BCUT2D eigenvalue weighted by Gasteiger charge is 2.29. The average molecular weight is 461 g/mol. The summed E-state index contributed by atoms with van der Waals surface area (Å²) < 4.78 is 19.5. The van der Waals surface area contributed by atoms with E-state index in [2.05, 4.69) is 34.6 Å². The van der Waals surface area contributed by atoms with E-state index in [0.29, 0.717) is 11.9 Å². The number of aromatic amines is 1. The molecule has 1 heterocycles. The summed E-state index contributed by atoms with van der Waals surface area (Å²) in [5, 5.41) is 10.6. The molecule has 1 aliphatic carbocycles. The SMILES string of the molecule is CC(Cc1c[nH]c2c(F)cccc12)NC(=O)OCC1c2ccccc2-c2ccccc21.O=CO. The molecule has 0 bridgehead atoms. The number of carboxylic acid groups (broad SMARTS) is 1. The molecule has 1 aliphatic rings. The number of para-hydroxylation sites is 1. The van der Waals surface area contributed by atoms with Gasteiger partial charge in [0.2, 0.25) is 0 Å². The van der Waals surface area contributed by atoms with Crippen molar-refractivity contribution in [2.24, 2.45) is 0 Å². The molecule has 1 atom stereocenters. The number of aromatic nitrogens is 1. The highest BCUT2D eigenvalue weighted by Crippen LogP contribution is 2.44. The Bertz CT molecular complexity index is 1270. The molecule has 0 spiro atoms. The number of fused-ring (bicyclic) bond motifs is 4. The summed E-state index contributed by atoms with van der Waals surface area (Å²) in [7, 11) is 0. The lowest BCUT2D eigenvalue weighted by Crippen LogP contribution is -2.35. The van der Waals surface area contributed by atoms with Crippen molar-refractivity contribution in [2.45, 2.75) is 25.3 Å². The van der Waals surface area contributed by atoms with Crippen molar-refractivity contribution < 1.29 is 23.8 Å². The molecule has 0 saturated heterocycles. The Labute approximate surface area is 196 Å². The van der Waals surface area contributed by atoms with Crippen LogP contribution in [0.15, 0.2) is 72.9 Å². The van der Waals surface area contributed by atoms with Crippen LogP contribution in [0.5, 0.6) is 0 Å². The van der Waals surface area contributed by atoms with Crippen LogP contribution >= 0.6 is 0 Å². The fourth-order valence-electron chi connectivity index (χ4n) is 4.57. The highest BCUT2D eigenvalue weighted by atomic mass is 19.1. The van der Waals surface area contributed by atoms with Crippen LogP contribution in [0.25, 0.3) is 22.0 Å². The third-order valence-corrected chi connectivity index (χ3v) is 5.98. The minimum atomic E-state index is -0.444. The normalized spacial score (nSPS) is 12.8. The van der Waals surface area contributed by atoms with Gasteiger partial charge in [-0.05, 0) is 47.2 Å². The topological polar surface area (TPSA) is 91.4 Å². The maximum Gasteiger partial charge on any atom is 0.407 e. The first-order chi connectivity index (χ1) is 16.5. The van der Waals surface area contributed by atoms with E-state index in [-0.39, 0.29) is 30.9 Å². The summed E-state index contributed by atoms with van der Waals surface area (Å²) in [6.07, 6.45) is 1.93. The number of nitrogens with one attached hydrogen (secondary N) is 2. The highest BCUT2D eigenvalue weighted by molar-refractivity contribution is 5.84. The second kappa shape index (κ2) is 10.2. The van der Waals surface area contributed by atoms with Gasteiger partial charge in [-0.2, -0.15) is 0 Å². The zero-order valence-electron chi connectivity index (χ0n) is 18.6. The van der Waals surface area contributed by atoms with Gasteiger partial charge in [-0.3, -0.25) is 4.79 Å². The van der Waals surface area contributed by atoms with E-state index in [1.54, 1.807) is 12.3 Å². The number of amides is 1. The summed E-state index contributed by atoms with van der Waals surface area (Å²) >= 11 is 0. The molecular weight excluding hydrogens is 435 g/mol. The van der Waals surface area contributed by atoms with E-state index in [1.807, 2.05) is 37.3 Å². The molecular formula is C27H25FN2O4. The van der Waals surface area contributed by atoms with Crippen molar-refractivity contribution in [2.75, 3.05) is 6.61 Å². The third kappa shape index (κ3) is 4.64. The summed E-state index contributed by atoms with van der Waals surface area (Å²) in [5.41, 5.74) is 6.22. The van der Waals surface area contributed by atoms with Crippen molar-refractivity contribution in [3.63, 3.8) is 0 Å². The molecule has 1 unspecified atom stereocenters. The van der Waals surface area contributed by atoms with Crippen LogP contribution in [-0.2, 0) is 16.0 Å². The van der Waals surface area contributed by atoms with Crippen molar-refractivity contribution >= 4 is 23.5 Å². The van der Waals surface area contributed by atoms with Crippen LogP contribution in [0, 0.1) is 5.82 Å². The van der Waals surface area contributed by atoms with Gasteiger partial charge in [0.25, 0.3) is 6.47 Å². The number of ether oxygens (including phenoxy) is 1. The maximum atomic E-state index is 13.9. The van der Waals surface area contributed by atoms with Crippen molar-refractivity contribution in [3.8, 4) is 11.1 Å². The number of rotatable bonds is 5. The van der Waals surface area contributed by atoms with E-state index in [1.165, 1.54) is 28.3 Å². The Kier molecular flexibility index (Phi) is 6.92. The molecule has 34 heavy (non-hydrogen) atoms. The fourth-order valence-corrected chi connectivity index (χ4v) is 4.57. The number of carbonyl (C=O) groups is 2. The molecule has 3 aromatic carbocycles. The van der Waals surface area contributed by atoms with Crippen LogP contribution in [0.2, 0.25) is 0 Å².